The standard InChI is InChI=1S/C39H76N2O5/c1-4-7-10-13-15-17-18-20-21-24-27-30-37(43)41-35(34-42)33-40-38(44)32-36(29-26-23-12-9-6-3)46-39(45)31-28-25-22-19-16-14-11-8-5-2/h35-36,42H,4-34H2,1-3H3,(H,40,44)(H,41,43)/t35-,36-/m1/s1. The molecule has 0 fully saturated rings. The van der Waals surface area contributed by atoms with E-state index in [0.717, 1.165) is 57.8 Å². The molecule has 0 rings (SSSR count). The zero-order chi connectivity index (χ0) is 33.9. The molecule has 0 saturated carbocycles. The van der Waals surface area contributed by atoms with E-state index >= 15 is 0 Å². The Kier molecular flexibility index (Phi) is 33.5. The molecule has 2 atom stereocenters. The summed E-state index contributed by atoms with van der Waals surface area (Å²) in [6.45, 7) is 6.59. The van der Waals surface area contributed by atoms with Gasteiger partial charge in [0.05, 0.1) is 19.1 Å². The molecule has 0 saturated heterocycles. The third kappa shape index (κ3) is 31.0. The molecule has 0 spiro atoms. The van der Waals surface area contributed by atoms with Crippen LogP contribution in [0.25, 0.3) is 0 Å². The number of aliphatic hydroxyl groups excluding tert-OH is 1. The number of aliphatic hydroxyl groups is 1. The quantitative estimate of drug-likeness (QED) is 0.0467. The summed E-state index contributed by atoms with van der Waals surface area (Å²) >= 11 is 0. The van der Waals surface area contributed by atoms with Crippen LogP contribution in [0.3, 0.4) is 0 Å². The Bertz CT molecular complexity index is 702. The zero-order valence-corrected chi connectivity index (χ0v) is 30.7. The Morgan fingerprint density at radius 3 is 1.41 bits per heavy atom. The lowest BCUT2D eigenvalue weighted by Gasteiger charge is -2.20. The number of amides is 2. The Morgan fingerprint density at radius 2 is 0.957 bits per heavy atom. The van der Waals surface area contributed by atoms with Crippen LogP contribution in [0.5, 0.6) is 0 Å². The van der Waals surface area contributed by atoms with Gasteiger partial charge in [0.25, 0.3) is 0 Å². The second-order valence-corrected chi connectivity index (χ2v) is 13.6. The van der Waals surface area contributed by atoms with Crippen molar-refractivity contribution >= 4 is 17.8 Å². The predicted octanol–water partition coefficient (Wildman–Crippen LogP) is 9.86. The lowest BCUT2D eigenvalue weighted by molar-refractivity contribution is -0.151. The van der Waals surface area contributed by atoms with Crippen LogP contribution in [0.15, 0.2) is 0 Å². The molecule has 46 heavy (non-hydrogen) atoms. The molecule has 7 nitrogen and oxygen atoms in total. The van der Waals surface area contributed by atoms with Gasteiger partial charge in [-0.25, -0.2) is 0 Å². The molecule has 7 heteroatoms. The van der Waals surface area contributed by atoms with Gasteiger partial charge in [0.15, 0.2) is 0 Å². The summed E-state index contributed by atoms with van der Waals surface area (Å²) < 4.78 is 5.78. The van der Waals surface area contributed by atoms with E-state index in [0.29, 0.717) is 19.3 Å². The number of carbonyl (C=O) groups is 3. The van der Waals surface area contributed by atoms with Crippen molar-refractivity contribution in [1.82, 2.24) is 10.6 Å². The van der Waals surface area contributed by atoms with Gasteiger partial charge in [-0.3, -0.25) is 14.4 Å². The highest BCUT2D eigenvalue weighted by Crippen LogP contribution is 2.16. The summed E-state index contributed by atoms with van der Waals surface area (Å²) in [5, 5.41) is 15.5. The maximum absolute atomic E-state index is 12.8. The van der Waals surface area contributed by atoms with Gasteiger partial charge >= 0.3 is 5.97 Å². The van der Waals surface area contributed by atoms with E-state index in [1.54, 1.807) is 0 Å². The molecule has 0 heterocycles. The first-order valence-electron chi connectivity index (χ1n) is 19.8. The number of ether oxygens (including phenoxy) is 1. The van der Waals surface area contributed by atoms with Gasteiger partial charge in [-0.1, -0.05) is 162 Å². The Hall–Kier alpha value is -1.63. The van der Waals surface area contributed by atoms with Gasteiger partial charge in [-0.15, -0.1) is 0 Å². The van der Waals surface area contributed by atoms with Gasteiger partial charge in [0.1, 0.15) is 6.10 Å². The smallest absolute Gasteiger partial charge is 0.306 e. The normalized spacial score (nSPS) is 12.5. The minimum Gasteiger partial charge on any atom is -0.462 e. The highest BCUT2D eigenvalue weighted by atomic mass is 16.5. The molecule has 0 bridgehead atoms. The fourth-order valence-electron chi connectivity index (χ4n) is 5.93. The minimum atomic E-state index is -0.522. The molecule has 0 aromatic carbocycles. The van der Waals surface area contributed by atoms with E-state index in [4.69, 9.17) is 4.74 Å². The number of nitrogens with one attached hydrogen (secondary N) is 2. The van der Waals surface area contributed by atoms with E-state index in [1.165, 1.54) is 103 Å². The van der Waals surface area contributed by atoms with Crippen molar-refractivity contribution in [2.24, 2.45) is 0 Å². The molecule has 2 amide bonds. The predicted molar refractivity (Wildman–Crippen MR) is 193 cm³/mol. The fourth-order valence-corrected chi connectivity index (χ4v) is 5.93. The molecule has 0 unspecified atom stereocenters. The van der Waals surface area contributed by atoms with Gasteiger partial charge in [-0.2, -0.15) is 0 Å². The molecule has 3 N–H and O–H groups in total. The van der Waals surface area contributed by atoms with Gasteiger partial charge in [0.2, 0.25) is 11.8 Å². The molecule has 0 radical (unpaired) electrons. The summed E-state index contributed by atoms with van der Waals surface area (Å²) in [5.74, 6) is -0.510. The Balaban J connectivity index is 4.31. The minimum absolute atomic E-state index is 0.0837. The molecule has 0 aliphatic rings. The van der Waals surface area contributed by atoms with Crippen LogP contribution >= 0.6 is 0 Å². The van der Waals surface area contributed by atoms with Gasteiger partial charge < -0.3 is 20.5 Å². The van der Waals surface area contributed by atoms with E-state index < -0.39 is 12.1 Å². The Labute approximate surface area is 284 Å². The van der Waals surface area contributed by atoms with Crippen LogP contribution in [-0.4, -0.2) is 48.2 Å². The average molecular weight is 653 g/mol. The van der Waals surface area contributed by atoms with Crippen molar-refractivity contribution in [2.45, 2.75) is 219 Å². The van der Waals surface area contributed by atoms with Crippen molar-refractivity contribution in [3.8, 4) is 0 Å². The van der Waals surface area contributed by atoms with Crippen molar-refractivity contribution in [3.05, 3.63) is 0 Å². The maximum Gasteiger partial charge on any atom is 0.306 e. The van der Waals surface area contributed by atoms with Crippen LogP contribution in [0.2, 0.25) is 0 Å². The second kappa shape index (κ2) is 34.7. The summed E-state index contributed by atoms with van der Waals surface area (Å²) in [4.78, 5) is 37.8. The van der Waals surface area contributed by atoms with Crippen LogP contribution < -0.4 is 10.6 Å². The largest absolute Gasteiger partial charge is 0.462 e. The average Bonchev–Trinajstić information content (AvgIpc) is 3.04. The molecular weight excluding hydrogens is 576 g/mol. The van der Waals surface area contributed by atoms with Crippen molar-refractivity contribution in [1.29, 1.82) is 0 Å². The SMILES string of the molecule is CCCCCCCCCCCCCC(=O)N[C@@H](CO)CNC(=O)C[C@@H](CCCCCCC)OC(=O)CCCCCCCCCCC. The van der Waals surface area contributed by atoms with Crippen LogP contribution in [0, 0.1) is 0 Å². The van der Waals surface area contributed by atoms with Crippen molar-refractivity contribution in [2.75, 3.05) is 13.2 Å². The fraction of sp³-hybridized carbons (Fsp3) is 0.923. The van der Waals surface area contributed by atoms with Crippen molar-refractivity contribution in [3.63, 3.8) is 0 Å². The van der Waals surface area contributed by atoms with E-state index in [9.17, 15) is 19.5 Å². The summed E-state index contributed by atoms with van der Waals surface area (Å²) in [5.41, 5.74) is 0. The summed E-state index contributed by atoms with van der Waals surface area (Å²) in [6, 6.07) is -0.522. The van der Waals surface area contributed by atoms with Crippen LogP contribution in [0.4, 0.5) is 0 Å². The van der Waals surface area contributed by atoms with Crippen LogP contribution in [0.1, 0.15) is 207 Å². The lowest BCUT2D eigenvalue weighted by atomic mass is 10.0. The number of esters is 1. The number of rotatable bonds is 35. The first-order chi connectivity index (χ1) is 22.5. The number of unbranched alkanes of at least 4 members (excludes halogenated alkanes) is 22. The van der Waals surface area contributed by atoms with Crippen LogP contribution in [-0.2, 0) is 19.1 Å². The molecule has 272 valence electrons. The van der Waals surface area contributed by atoms with E-state index in [1.807, 2.05) is 0 Å². The second-order valence-electron chi connectivity index (χ2n) is 13.6. The monoisotopic (exact) mass is 653 g/mol. The first kappa shape index (κ1) is 44.4. The molecule has 0 aliphatic heterocycles. The highest BCUT2D eigenvalue weighted by Gasteiger charge is 2.20. The van der Waals surface area contributed by atoms with Crippen molar-refractivity contribution < 1.29 is 24.2 Å². The third-order valence-electron chi connectivity index (χ3n) is 8.96. The number of hydrogen-bond acceptors (Lipinski definition) is 5. The zero-order valence-electron chi connectivity index (χ0n) is 30.7. The number of hydrogen-bond donors (Lipinski definition) is 3. The van der Waals surface area contributed by atoms with Gasteiger partial charge in [-0.05, 0) is 25.7 Å². The lowest BCUT2D eigenvalue weighted by Crippen LogP contribution is -2.46. The maximum atomic E-state index is 12.8. The van der Waals surface area contributed by atoms with E-state index in [2.05, 4.69) is 31.4 Å². The summed E-state index contributed by atoms with van der Waals surface area (Å²) in [7, 11) is 0. The third-order valence-corrected chi connectivity index (χ3v) is 8.96. The first-order valence-corrected chi connectivity index (χ1v) is 19.8. The molecule has 0 aliphatic carbocycles. The molecular formula is C39H76N2O5. The highest BCUT2D eigenvalue weighted by molar-refractivity contribution is 5.78. The topological polar surface area (TPSA) is 105 Å². The number of carbonyl (C=O) groups excluding carboxylic acids is 3. The van der Waals surface area contributed by atoms with E-state index in [-0.39, 0.29) is 37.4 Å². The Morgan fingerprint density at radius 1 is 0.543 bits per heavy atom. The van der Waals surface area contributed by atoms with Gasteiger partial charge in [0, 0.05) is 19.4 Å². The molecule has 0 aromatic heterocycles. The summed E-state index contributed by atoms with van der Waals surface area (Å²) in [6.07, 6.45) is 31.0. The molecule has 0 aromatic rings.